The third-order valence-electron chi connectivity index (χ3n) is 3.23. The first kappa shape index (κ1) is 16.3. The summed E-state index contributed by atoms with van der Waals surface area (Å²) in [6.07, 6.45) is 1.40. The van der Waals surface area contributed by atoms with Crippen molar-refractivity contribution in [2.24, 2.45) is 0 Å². The van der Waals surface area contributed by atoms with E-state index in [1.54, 1.807) is 19.2 Å². The monoisotopic (exact) mass is 434 g/mol. The van der Waals surface area contributed by atoms with Crippen LogP contribution in [0.3, 0.4) is 0 Å². The third kappa shape index (κ3) is 3.67. The molecule has 1 heterocycles. The van der Waals surface area contributed by atoms with Gasteiger partial charge in [0, 0.05) is 9.26 Å². The molecule has 6 nitrogen and oxygen atoms in total. The van der Waals surface area contributed by atoms with Crippen molar-refractivity contribution in [3.8, 4) is 17.4 Å². The Labute approximate surface area is 153 Å². The molecule has 0 aliphatic heterocycles. The number of aromatic nitrogens is 2. The zero-order valence-corrected chi connectivity index (χ0v) is 15.0. The van der Waals surface area contributed by atoms with Crippen LogP contribution in [-0.2, 0) is 0 Å². The summed E-state index contributed by atoms with van der Waals surface area (Å²) in [4.78, 5) is 8.29. The maximum absolute atomic E-state index is 6.15. The van der Waals surface area contributed by atoms with Crippen LogP contribution in [0, 0.1) is 3.57 Å². The van der Waals surface area contributed by atoms with Crippen molar-refractivity contribution in [2.45, 2.75) is 0 Å². The Morgan fingerprint density at radius 1 is 1.00 bits per heavy atom. The molecule has 0 saturated heterocycles. The molecule has 0 bridgehead atoms. The number of halogens is 1. The molecule has 0 saturated carbocycles. The highest BCUT2D eigenvalue weighted by Crippen LogP contribution is 2.35. The van der Waals surface area contributed by atoms with Gasteiger partial charge in [0.2, 0.25) is 5.88 Å². The summed E-state index contributed by atoms with van der Waals surface area (Å²) >= 11 is 2.25. The fraction of sp³-hybridized carbons (Fsp3) is 0.0588. The average Bonchev–Trinajstić information content (AvgIpc) is 2.61. The average molecular weight is 434 g/mol. The SMILES string of the molecule is COc1ccccc1Oc1ncnc(Nc2ccc(I)cc2)c1N. The van der Waals surface area contributed by atoms with Crippen LogP contribution in [0.2, 0.25) is 0 Å². The first-order valence-electron chi connectivity index (χ1n) is 7.11. The fourth-order valence-corrected chi connectivity index (χ4v) is 2.40. The molecule has 0 radical (unpaired) electrons. The van der Waals surface area contributed by atoms with Gasteiger partial charge in [-0.2, -0.15) is 4.98 Å². The van der Waals surface area contributed by atoms with Gasteiger partial charge in [0.15, 0.2) is 17.3 Å². The van der Waals surface area contributed by atoms with E-state index in [9.17, 15) is 0 Å². The number of benzene rings is 2. The largest absolute Gasteiger partial charge is 0.493 e. The lowest BCUT2D eigenvalue weighted by Gasteiger charge is -2.13. The molecule has 0 aliphatic carbocycles. The number of hydrogen-bond acceptors (Lipinski definition) is 6. The molecule has 7 heteroatoms. The number of nitrogens with one attached hydrogen (secondary N) is 1. The summed E-state index contributed by atoms with van der Waals surface area (Å²) in [6, 6.07) is 15.2. The Hall–Kier alpha value is -2.55. The molecular weight excluding hydrogens is 419 g/mol. The standard InChI is InChI=1S/C17H15IN4O2/c1-23-13-4-2-3-5-14(13)24-17-15(19)16(20-10-21-17)22-12-8-6-11(18)7-9-12/h2-10H,19H2,1H3,(H,20,21,22). The number of anilines is 3. The summed E-state index contributed by atoms with van der Waals surface area (Å²) in [5, 5.41) is 3.16. The number of para-hydroxylation sites is 2. The van der Waals surface area contributed by atoms with Gasteiger partial charge in [-0.3, -0.25) is 0 Å². The molecule has 0 atom stereocenters. The van der Waals surface area contributed by atoms with E-state index in [0.29, 0.717) is 23.0 Å². The number of hydrogen-bond donors (Lipinski definition) is 2. The van der Waals surface area contributed by atoms with E-state index in [4.69, 9.17) is 15.2 Å². The van der Waals surface area contributed by atoms with Crippen molar-refractivity contribution in [3.63, 3.8) is 0 Å². The molecule has 2 aromatic carbocycles. The van der Waals surface area contributed by atoms with Crippen LogP contribution in [0.15, 0.2) is 54.9 Å². The molecule has 3 aromatic rings. The van der Waals surface area contributed by atoms with Gasteiger partial charge in [-0.25, -0.2) is 4.98 Å². The number of rotatable bonds is 5. The van der Waals surface area contributed by atoms with Gasteiger partial charge in [-0.05, 0) is 59.0 Å². The maximum Gasteiger partial charge on any atom is 0.248 e. The van der Waals surface area contributed by atoms with Crippen molar-refractivity contribution < 1.29 is 9.47 Å². The Balaban J connectivity index is 1.86. The van der Waals surface area contributed by atoms with Crippen LogP contribution in [0.25, 0.3) is 0 Å². The summed E-state index contributed by atoms with van der Waals surface area (Å²) in [6.45, 7) is 0. The van der Waals surface area contributed by atoms with Crippen LogP contribution in [-0.4, -0.2) is 17.1 Å². The van der Waals surface area contributed by atoms with Crippen molar-refractivity contribution in [1.29, 1.82) is 0 Å². The van der Waals surface area contributed by atoms with Crippen molar-refractivity contribution in [1.82, 2.24) is 9.97 Å². The molecule has 1 aromatic heterocycles. The fourth-order valence-electron chi connectivity index (χ4n) is 2.04. The zero-order chi connectivity index (χ0) is 16.9. The Morgan fingerprint density at radius 3 is 2.42 bits per heavy atom. The van der Waals surface area contributed by atoms with Crippen LogP contribution >= 0.6 is 22.6 Å². The predicted molar refractivity (Wildman–Crippen MR) is 102 cm³/mol. The highest BCUT2D eigenvalue weighted by Gasteiger charge is 2.12. The lowest BCUT2D eigenvalue weighted by atomic mass is 10.3. The number of methoxy groups -OCH3 is 1. The van der Waals surface area contributed by atoms with Crippen molar-refractivity contribution >= 4 is 39.8 Å². The number of nitrogen functional groups attached to an aromatic ring is 1. The van der Waals surface area contributed by atoms with E-state index in [-0.39, 0.29) is 5.88 Å². The maximum atomic E-state index is 6.15. The smallest absolute Gasteiger partial charge is 0.248 e. The van der Waals surface area contributed by atoms with Gasteiger partial charge in [0.05, 0.1) is 7.11 Å². The van der Waals surface area contributed by atoms with Gasteiger partial charge in [-0.15, -0.1) is 0 Å². The van der Waals surface area contributed by atoms with Crippen molar-refractivity contribution in [3.05, 3.63) is 58.4 Å². The second kappa shape index (κ2) is 7.35. The molecular formula is C17H15IN4O2. The minimum absolute atomic E-state index is 0.266. The van der Waals surface area contributed by atoms with E-state index >= 15 is 0 Å². The Morgan fingerprint density at radius 2 is 1.71 bits per heavy atom. The summed E-state index contributed by atoms with van der Waals surface area (Å²) in [5.74, 6) is 1.88. The molecule has 0 unspecified atom stereocenters. The highest BCUT2D eigenvalue weighted by atomic mass is 127. The van der Waals surface area contributed by atoms with Crippen molar-refractivity contribution in [2.75, 3.05) is 18.2 Å². The van der Waals surface area contributed by atoms with E-state index in [0.717, 1.165) is 9.26 Å². The first-order chi connectivity index (χ1) is 11.7. The normalized spacial score (nSPS) is 10.2. The lowest BCUT2D eigenvalue weighted by Crippen LogP contribution is -2.03. The molecule has 122 valence electrons. The second-order valence-corrected chi connectivity index (χ2v) is 6.07. The zero-order valence-electron chi connectivity index (χ0n) is 12.9. The number of nitrogens with zero attached hydrogens (tertiary/aromatic N) is 2. The molecule has 0 spiro atoms. The highest BCUT2D eigenvalue weighted by molar-refractivity contribution is 14.1. The van der Waals surface area contributed by atoms with E-state index in [1.165, 1.54) is 6.33 Å². The van der Waals surface area contributed by atoms with E-state index in [2.05, 4.69) is 37.9 Å². The second-order valence-electron chi connectivity index (χ2n) is 4.83. The van der Waals surface area contributed by atoms with Crippen LogP contribution in [0.5, 0.6) is 17.4 Å². The molecule has 0 aliphatic rings. The van der Waals surface area contributed by atoms with Gasteiger partial charge in [0.1, 0.15) is 12.0 Å². The minimum atomic E-state index is 0.266. The minimum Gasteiger partial charge on any atom is -0.493 e. The van der Waals surface area contributed by atoms with E-state index < -0.39 is 0 Å². The van der Waals surface area contributed by atoms with Crippen LogP contribution < -0.4 is 20.5 Å². The lowest BCUT2D eigenvalue weighted by molar-refractivity contribution is 0.374. The van der Waals surface area contributed by atoms with Gasteiger partial charge < -0.3 is 20.5 Å². The van der Waals surface area contributed by atoms with Gasteiger partial charge in [0.25, 0.3) is 0 Å². The quantitative estimate of drug-likeness (QED) is 0.586. The molecule has 24 heavy (non-hydrogen) atoms. The molecule has 0 amide bonds. The third-order valence-corrected chi connectivity index (χ3v) is 3.95. The number of nitrogens with two attached hydrogens (primary N) is 1. The van der Waals surface area contributed by atoms with Crippen LogP contribution in [0.4, 0.5) is 17.2 Å². The van der Waals surface area contributed by atoms with Crippen LogP contribution in [0.1, 0.15) is 0 Å². The predicted octanol–water partition coefficient (Wildman–Crippen LogP) is 4.21. The summed E-state index contributed by atoms with van der Waals surface area (Å²) in [7, 11) is 1.58. The van der Waals surface area contributed by atoms with Gasteiger partial charge in [-0.1, -0.05) is 12.1 Å². The molecule has 0 fully saturated rings. The Kier molecular flexibility index (Phi) is 4.99. The van der Waals surface area contributed by atoms with E-state index in [1.807, 2.05) is 36.4 Å². The van der Waals surface area contributed by atoms with Gasteiger partial charge >= 0.3 is 0 Å². The summed E-state index contributed by atoms with van der Waals surface area (Å²) < 4.78 is 12.2. The first-order valence-corrected chi connectivity index (χ1v) is 8.19. The topological polar surface area (TPSA) is 82.3 Å². The molecule has 3 N–H and O–H groups in total. The Bertz CT molecular complexity index is 840. The summed E-state index contributed by atoms with van der Waals surface area (Å²) in [5.41, 5.74) is 7.35. The number of ether oxygens (including phenoxy) is 2. The molecule has 3 rings (SSSR count).